The van der Waals surface area contributed by atoms with Gasteiger partial charge in [0, 0.05) is 18.5 Å². The maximum atomic E-state index is 12.8. The van der Waals surface area contributed by atoms with Gasteiger partial charge in [0.1, 0.15) is 10.8 Å². The summed E-state index contributed by atoms with van der Waals surface area (Å²) >= 11 is 6.32. The normalized spacial score (nSPS) is 11.2. The van der Waals surface area contributed by atoms with Crippen molar-refractivity contribution in [2.75, 3.05) is 24.3 Å². The quantitative estimate of drug-likeness (QED) is 0.0994. The van der Waals surface area contributed by atoms with Crippen LogP contribution in [0.15, 0.2) is 53.6 Å². The summed E-state index contributed by atoms with van der Waals surface area (Å²) in [6, 6.07) is 11.3. The van der Waals surface area contributed by atoms with Gasteiger partial charge in [-0.05, 0) is 57.0 Å². The van der Waals surface area contributed by atoms with E-state index in [1.807, 2.05) is 0 Å². The fraction of sp³-hybridized carbons (Fsp3) is 0.333. The molecule has 2 aromatic carbocycles. The fourth-order valence-corrected chi connectivity index (χ4v) is 5.06. The zero-order valence-corrected chi connectivity index (χ0v) is 24.5. The molecule has 1 heterocycles. The van der Waals surface area contributed by atoms with Gasteiger partial charge in [-0.2, -0.15) is 4.98 Å². The first-order valence-corrected chi connectivity index (χ1v) is 14.8. The summed E-state index contributed by atoms with van der Waals surface area (Å²) in [4.78, 5) is 32.4. The molecule has 0 aliphatic rings. The number of rotatable bonds is 14. The third-order valence-electron chi connectivity index (χ3n) is 6.01. The summed E-state index contributed by atoms with van der Waals surface area (Å²) in [5.74, 6) is 0.00374. The van der Waals surface area contributed by atoms with Crippen molar-refractivity contribution in [2.45, 2.75) is 49.7 Å². The molecule has 0 bridgehead atoms. The van der Waals surface area contributed by atoms with Crippen LogP contribution in [0.1, 0.15) is 49.9 Å². The van der Waals surface area contributed by atoms with Gasteiger partial charge < -0.3 is 20.7 Å². The lowest BCUT2D eigenvalue weighted by atomic mass is 10.1. The van der Waals surface area contributed by atoms with Crippen LogP contribution in [0, 0.1) is 0 Å². The number of aromatic nitrogens is 2. The highest BCUT2D eigenvalue weighted by Gasteiger charge is 2.23. The van der Waals surface area contributed by atoms with Crippen molar-refractivity contribution in [1.82, 2.24) is 20.8 Å². The van der Waals surface area contributed by atoms with Crippen molar-refractivity contribution < 1.29 is 28.0 Å². The Morgan fingerprint density at radius 3 is 2.51 bits per heavy atom. The molecule has 0 atom stereocenters. The van der Waals surface area contributed by atoms with E-state index in [-0.39, 0.29) is 34.0 Å². The van der Waals surface area contributed by atoms with Crippen molar-refractivity contribution in [2.24, 2.45) is 0 Å². The van der Waals surface area contributed by atoms with Gasteiger partial charge in [0.25, 0.3) is 5.91 Å². The number of anilines is 4. The van der Waals surface area contributed by atoms with Crippen LogP contribution in [-0.4, -0.2) is 54.3 Å². The Kier molecular flexibility index (Phi) is 11.3. The summed E-state index contributed by atoms with van der Waals surface area (Å²) < 4.78 is 31.1. The number of carbonyl (C=O) groups is 2. The van der Waals surface area contributed by atoms with Crippen LogP contribution in [0.4, 0.5) is 23.1 Å². The molecule has 220 valence electrons. The number of hydrogen-bond acceptors (Lipinski definition) is 10. The number of ether oxygens (including phenoxy) is 1. The zero-order valence-electron chi connectivity index (χ0n) is 22.9. The molecule has 0 unspecified atom stereocenters. The minimum atomic E-state index is -3.57. The average molecular weight is 605 g/mol. The number of benzene rings is 2. The standard InChI is InChI=1S/C27H33ClN6O6S/c1-17(2)41(38,39)23-10-7-6-9-21(23)31-25-19(28)16-30-27(33-25)32-20-13-12-18(15-22(20)40-3)26(36)29-14-8-4-5-11-24(35)34-37/h6-7,9-10,12-13,15-17,37H,4-5,8,11,14H2,1-3H3,(H,29,36)(H,34,35)(H2,30,31,32,33). The smallest absolute Gasteiger partial charge is 0.251 e. The van der Waals surface area contributed by atoms with Gasteiger partial charge in [0.15, 0.2) is 15.7 Å². The Bertz CT molecular complexity index is 1480. The van der Waals surface area contributed by atoms with E-state index in [0.29, 0.717) is 42.1 Å². The molecule has 5 N–H and O–H groups in total. The molecule has 2 amide bonds. The molecule has 3 rings (SSSR count). The lowest BCUT2D eigenvalue weighted by Gasteiger charge is -2.16. The SMILES string of the molecule is COc1cc(C(=O)NCCCCCC(=O)NO)ccc1Nc1ncc(Cl)c(Nc2ccccc2S(=O)(=O)C(C)C)n1. The molecule has 0 aliphatic heterocycles. The summed E-state index contributed by atoms with van der Waals surface area (Å²) in [6.45, 7) is 3.65. The van der Waals surface area contributed by atoms with E-state index in [0.717, 1.165) is 6.42 Å². The minimum absolute atomic E-state index is 0.129. The predicted molar refractivity (Wildman–Crippen MR) is 156 cm³/mol. The largest absolute Gasteiger partial charge is 0.495 e. The number of unbranched alkanes of at least 4 members (excludes halogenated alkanes) is 2. The molecule has 1 aromatic heterocycles. The Morgan fingerprint density at radius 2 is 1.80 bits per heavy atom. The van der Waals surface area contributed by atoms with Crippen LogP contribution in [0.3, 0.4) is 0 Å². The van der Waals surface area contributed by atoms with E-state index in [1.165, 1.54) is 19.4 Å². The average Bonchev–Trinajstić information content (AvgIpc) is 2.96. The van der Waals surface area contributed by atoms with Crippen molar-refractivity contribution in [3.05, 3.63) is 59.2 Å². The van der Waals surface area contributed by atoms with Crippen LogP contribution >= 0.6 is 11.6 Å². The molecule has 12 nitrogen and oxygen atoms in total. The Hall–Kier alpha value is -3.94. The number of amides is 2. The third-order valence-corrected chi connectivity index (χ3v) is 8.50. The summed E-state index contributed by atoms with van der Waals surface area (Å²) in [7, 11) is -2.11. The maximum Gasteiger partial charge on any atom is 0.251 e. The molecule has 0 fully saturated rings. The van der Waals surface area contributed by atoms with E-state index in [2.05, 4.69) is 25.9 Å². The van der Waals surface area contributed by atoms with Crippen LogP contribution in [-0.2, 0) is 14.6 Å². The summed E-state index contributed by atoms with van der Waals surface area (Å²) in [5.41, 5.74) is 2.79. The third kappa shape index (κ3) is 8.52. The lowest BCUT2D eigenvalue weighted by Crippen LogP contribution is -2.24. The highest BCUT2D eigenvalue weighted by Crippen LogP contribution is 2.32. The number of nitrogens with one attached hydrogen (secondary N) is 4. The molecule has 0 aliphatic carbocycles. The van der Waals surface area contributed by atoms with E-state index < -0.39 is 21.0 Å². The summed E-state index contributed by atoms with van der Waals surface area (Å²) in [6.07, 6.45) is 3.60. The van der Waals surface area contributed by atoms with Gasteiger partial charge in [-0.25, -0.2) is 18.9 Å². The van der Waals surface area contributed by atoms with Crippen molar-refractivity contribution in [1.29, 1.82) is 0 Å². The number of hydroxylamine groups is 1. The van der Waals surface area contributed by atoms with E-state index in [4.69, 9.17) is 21.5 Å². The second-order valence-electron chi connectivity index (χ2n) is 9.25. The van der Waals surface area contributed by atoms with Gasteiger partial charge in [0.2, 0.25) is 11.9 Å². The molecule has 41 heavy (non-hydrogen) atoms. The van der Waals surface area contributed by atoms with Gasteiger partial charge >= 0.3 is 0 Å². The van der Waals surface area contributed by atoms with E-state index in [9.17, 15) is 18.0 Å². The second-order valence-corrected chi connectivity index (χ2v) is 12.1. The predicted octanol–water partition coefficient (Wildman–Crippen LogP) is 4.60. The number of nitrogens with zero attached hydrogens (tertiary/aromatic N) is 2. The monoisotopic (exact) mass is 604 g/mol. The number of sulfone groups is 1. The first-order chi connectivity index (χ1) is 19.6. The first kappa shape index (κ1) is 31.6. The molecule has 0 saturated heterocycles. The Morgan fingerprint density at radius 1 is 1.05 bits per heavy atom. The highest BCUT2D eigenvalue weighted by atomic mass is 35.5. The number of hydrogen-bond donors (Lipinski definition) is 5. The molecule has 14 heteroatoms. The topological polar surface area (TPSA) is 172 Å². The highest BCUT2D eigenvalue weighted by molar-refractivity contribution is 7.92. The molecule has 0 radical (unpaired) electrons. The van der Waals surface area contributed by atoms with Crippen molar-refractivity contribution in [3.8, 4) is 5.75 Å². The molecular formula is C27H33ClN6O6S. The van der Waals surface area contributed by atoms with Crippen molar-refractivity contribution >= 4 is 56.4 Å². The van der Waals surface area contributed by atoms with Crippen LogP contribution in [0.25, 0.3) is 0 Å². The maximum absolute atomic E-state index is 12.8. The fourth-order valence-electron chi connectivity index (χ4n) is 3.72. The van der Waals surface area contributed by atoms with Crippen LogP contribution < -0.4 is 26.2 Å². The van der Waals surface area contributed by atoms with Crippen LogP contribution in [0.5, 0.6) is 5.75 Å². The van der Waals surface area contributed by atoms with E-state index >= 15 is 0 Å². The second kappa shape index (κ2) is 14.6. The Labute approximate surface area is 243 Å². The molecular weight excluding hydrogens is 572 g/mol. The molecule has 0 saturated carbocycles. The number of carbonyl (C=O) groups excluding carboxylic acids is 2. The number of halogens is 1. The minimum Gasteiger partial charge on any atom is -0.495 e. The lowest BCUT2D eigenvalue weighted by molar-refractivity contribution is -0.129. The number of para-hydroxylation sites is 1. The Balaban J connectivity index is 1.70. The van der Waals surface area contributed by atoms with E-state index in [1.54, 1.807) is 55.7 Å². The zero-order chi connectivity index (χ0) is 30.0. The number of methoxy groups -OCH3 is 1. The van der Waals surface area contributed by atoms with Gasteiger partial charge in [-0.15, -0.1) is 0 Å². The molecule has 0 spiro atoms. The van der Waals surface area contributed by atoms with Gasteiger partial charge in [0.05, 0.1) is 34.8 Å². The first-order valence-electron chi connectivity index (χ1n) is 12.9. The molecule has 3 aromatic rings. The van der Waals surface area contributed by atoms with Crippen LogP contribution in [0.2, 0.25) is 5.02 Å². The van der Waals surface area contributed by atoms with Crippen molar-refractivity contribution in [3.63, 3.8) is 0 Å². The summed E-state index contributed by atoms with van der Waals surface area (Å²) in [5, 5.41) is 16.9. The van der Waals surface area contributed by atoms with Gasteiger partial charge in [-0.3, -0.25) is 14.8 Å². The van der Waals surface area contributed by atoms with Gasteiger partial charge in [-0.1, -0.05) is 30.2 Å².